The third-order valence-electron chi connectivity index (χ3n) is 2.69. The van der Waals surface area contributed by atoms with Gasteiger partial charge >= 0.3 is 0 Å². The molecule has 0 aromatic carbocycles. The summed E-state index contributed by atoms with van der Waals surface area (Å²) < 4.78 is 0. The van der Waals surface area contributed by atoms with E-state index < -0.39 is 0 Å². The Morgan fingerprint density at radius 3 is 2.93 bits per heavy atom. The van der Waals surface area contributed by atoms with Crippen molar-refractivity contribution in [2.75, 3.05) is 0 Å². The molecule has 0 amide bonds. The van der Waals surface area contributed by atoms with Crippen LogP contribution in [-0.4, -0.2) is 10.8 Å². The molecule has 0 spiro atoms. The van der Waals surface area contributed by atoms with Crippen LogP contribution >= 0.6 is 11.3 Å². The van der Waals surface area contributed by atoms with Crippen LogP contribution in [0.2, 0.25) is 0 Å². The van der Waals surface area contributed by atoms with E-state index in [1.54, 1.807) is 23.6 Å². The zero-order chi connectivity index (χ0) is 10.2. The smallest absolute Gasteiger partial charge is 0.156 e. The second-order valence-electron chi connectivity index (χ2n) is 4.25. The van der Waals surface area contributed by atoms with Crippen molar-refractivity contribution in [1.82, 2.24) is 4.98 Å². The third-order valence-corrected chi connectivity index (χ3v) is 3.50. The summed E-state index contributed by atoms with van der Waals surface area (Å²) in [6.45, 7) is 4.35. The topological polar surface area (TPSA) is 30.0 Å². The average molecular weight is 207 g/mol. The monoisotopic (exact) mass is 207 g/mol. The maximum Gasteiger partial charge on any atom is 0.156 e. The van der Waals surface area contributed by atoms with Crippen LogP contribution in [0.1, 0.15) is 31.7 Å². The van der Waals surface area contributed by atoms with Crippen LogP contribution in [0.5, 0.6) is 0 Å². The fourth-order valence-electron chi connectivity index (χ4n) is 1.71. The van der Waals surface area contributed by atoms with Gasteiger partial charge in [0.15, 0.2) is 5.78 Å². The van der Waals surface area contributed by atoms with Gasteiger partial charge in [0, 0.05) is 18.0 Å². The van der Waals surface area contributed by atoms with E-state index in [9.17, 15) is 4.79 Å². The van der Waals surface area contributed by atoms with Crippen molar-refractivity contribution in [2.24, 2.45) is 5.41 Å². The molecule has 0 fully saturated rings. The van der Waals surface area contributed by atoms with Crippen LogP contribution in [-0.2, 0) is 4.79 Å². The number of ketones is 1. The second kappa shape index (κ2) is 3.31. The molecule has 0 saturated heterocycles. The zero-order valence-corrected chi connectivity index (χ0v) is 9.23. The molecule has 2 rings (SSSR count). The van der Waals surface area contributed by atoms with E-state index >= 15 is 0 Å². The maximum atomic E-state index is 11.4. The minimum Gasteiger partial charge on any atom is -0.295 e. The fourth-order valence-corrected chi connectivity index (χ4v) is 2.54. The number of nitrogens with zero attached hydrogens (tertiary/aromatic N) is 1. The summed E-state index contributed by atoms with van der Waals surface area (Å²) in [6, 6.07) is 0. The molecule has 0 aliphatic heterocycles. The van der Waals surface area contributed by atoms with Gasteiger partial charge in [-0.05, 0) is 23.5 Å². The van der Waals surface area contributed by atoms with Crippen molar-refractivity contribution in [3.8, 4) is 0 Å². The van der Waals surface area contributed by atoms with Crippen LogP contribution in [0, 0.1) is 5.41 Å². The lowest BCUT2D eigenvalue weighted by Gasteiger charge is -2.29. The van der Waals surface area contributed by atoms with E-state index in [1.165, 1.54) is 0 Å². The van der Waals surface area contributed by atoms with Gasteiger partial charge in [-0.3, -0.25) is 4.79 Å². The number of allylic oxidation sites excluding steroid dienone is 2. The van der Waals surface area contributed by atoms with E-state index in [-0.39, 0.29) is 11.2 Å². The van der Waals surface area contributed by atoms with Crippen LogP contribution in [0.25, 0.3) is 5.57 Å². The first kappa shape index (κ1) is 9.59. The van der Waals surface area contributed by atoms with E-state index in [0.29, 0.717) is 6.42 Å². The molecular formula is C11H13NOS. The number of carbonyl (C=O) groups is 1. The molecule has 1 aromatic heterocycles. The molecule has 1 aliphatic carbocycles. The highest BCUT2D eigenvalue weighted by Crippen LogP contribution is 2.41. The van der Waals surface area contributed by atoms with E-state index in [1.807, 2.05) is 5.38 Å². The first-order chi connectivity index (χ1) is 6.59. The molecule has 74 valence electrons. The minimum atomic E-state index is 0.0891. The maximum absolute atomic E-state index is 11.4. The lowest BCUT2D eigenvalue weighted by molar-refractivity contribution is -0.115. The molecule has 0 bridgehead atoms. The lowest BCUT2D eigenvalue weighted by atomic mass is 9.75. The largest absolute Gasteiger partial charge is 0.295 e. The van der Waals surface area contributed by atoms with Gasteiger partial charge in [0.05, 0.1) is 0 Å². The number of rotatable bonds is 1. The summed E-state index contributed by atoms with van der Waals surface area (Å²) in [6.07, 6.45) is 5.15. The molecule has 0 atom stereocenters. The van der Waals surface area contributed by atoms with Gasteiger partial charge in [0.1, 0.15) is 5.01 Å². The molecule has 1 aromatic rings. The first-order valence-corrected chi connectivity index (χ1v) is 5.62. The van der Waals surface area contributed by atoms with Gasteiger partial charge in [-0.15, -0.1) is 11.3 Å². The Labute approximate surface area is 87.7 Å². The average Bonchev–Trinajstić information content (AvgIpc) is 2.62. The van der Waals surface area contributed by atoms with Crippen molar-refractivity contribution in [3.63, 3.8) is 0 Å². The molecular weight excluding hydrogens is 194 g/mol. The quantitative estimate of drug-likeness (QED) is 0.708. The van der Waals surface area contributed by atoms with E-state index in [2.05, 4.69) is 18.8 Å². The summed E-state index contributed by atoms with van der Waals surface area (Å²) in [5, 5.41) is 2.94. The van der Waals surface area contributed by atoms with Crippen molar-refractivity contribution >= 4 is 22.7 Å². The highest BCUT2D eigenvalue weighted by Gasteiger charge is 2.30. The van der Waals surface area contributed by atoms with Crippen LogP contribution < -0.4 is 0 Å². The number of carbonyl (C=O) groups excluding carboxylic acids is 1. The Kier molecular flexibility index (Phi) is 2.27. The molecule has 1 aliphatic rings. The zero-order valence-electron chi connectivity index (χ0n) is 8.41. The third kappa shape index (κ3) is 1.64. The van der Waals surface area contributed by atoms with Crippen molar-refractivity contribution in [3.05, 3.63) is 22.7 Å². The Morgan fingerprint density at radius 1 is 1.50 bits per heavy atom. The molecule has 0 unspecified atom stereocenters. The SMILES string of the molecule is CC1(C)CCC(=O)C=C1c1nccs1. The lowest BCUT2D eigenvalue weighted by Crippen LogP contribution is -2.20. The predicted octanol–water partition coefficient (Wildman–Crippen LogP) is 2.92. The Bertz CT molecular complexity index is 376. The molecule has 0 radical (unpaired) electrons. The van der Waals surface area contributed by atoms with Gasteiger partial charge in [0.25, 0.3) is 0 Å². The van der Waals surface area contributed by atoms with E-state index in [0.717, 1.165) is 17.0 Å². The molecule has 1 heterocycles. The van der Waals surface area contributed by atoms with Gasteiger partial charge in [-0.2, -0.15) is 0 Å². The molecule has 14 heavy (non-hydrogen) atoms. The van der Waals surface area contributed by atoms with Gasteiger partial charge in [0.2, 0.25) is 0 Å². The van der Waals surface area contributed by atoms with Crippen molar-refractivity contribution < 1.29 is 4.79 Å². The van der Waals surface area contributed by atoms with Crippen LogP contribution in [0.3, 0.4) is 0 Å². The fraction of sp³-hybridized carbons (Fsp3) is 0.455. The molecule has 3 heteroatoms. The summed E-state index contributed by atoms with van der Waals surface area (Å²) >= 11 is 1.60. The molecule has 0 N–H and O–H groups in total. The summed E-state index contributed by atoms with van der Waals surface area (Å²) in [7, 11) is 0. The highest BCUT2D eigenvalue weighted by atomic mass is 32.1. The number of hydrogen-bond donors (Lipinski definition) is 0. The van der Waals surface area contributed by atoms with E-state index in [4.69, 9.17) is 0 Å². The van der Waals surface area contributed by atoms with Crippen LogP contribution in [0.4, 0.5) is 0 Å². The van der Waals surface area contributed by atoms with Gasteiger partial charge in [-0.1, -0.05) is 13.8 Å². The van der Waals surface area contributed by atoms with Gasteiger partial charge in [-0.25, -0.2) is 4.98 Å². The number of aromatic nitrogens is 1. The molecule has 0 saturated carbocycles. The van der Waals surface area contributed by atoms with Crippen LogP contribution in [0.15, 0.2) is 17.7 Å². The van der Waals surface area contributed by atoms with Crippen molar-refractivity contribution in [1.29, 1.82) is 0 Å². The second-order valence-corrected chi connectivity index (χ2v) is 5.14. The Balaban J connectivity index is 2.45. The summed E-state index contributed by atoms with van der Waals surface area (Å²) in [5.41, 5.74) is 1.19. The standard InChI is InChI=1S/C11H13NOS/c1-11(2)4-3-8(13)7-9(11)10-12-5-6-14-10/h5-7H,3-4H2,1-2H3. The first-order valence-electron chi connectivity index (χ1n) is 4.74. The Morgan fingerprint density at radius 2 is 2.29 bits per heavy atom. The predicted molar refractivity (Wildman–Crippen MR) is 58.1 cm³/mol. The summed E-state index contributed by atoms with van der Waals surface area (Å²) in [4.78, 5) is 15.6. The highest BCUT2D eigenvalue weighted by molar-refractivity contribution is 7.10. The van der Waals surface area contributed by atoms with Gasteiger partial charge < -0.3 is 0 Å². The van der Waals surface area contributed by atoms with Crippen molar-refractivity contribution in [2.45, 2.75) is 26.7 Å². The Hall–Kier alpha value is -0.960. The normalized spacial score (nSPS) is 20.7. The molecule has 2 nitrogen and oxygen atoms in total. The number of hydrogen-bond acceptors (Lipinski definition) is 3. The number of thiazole rings is 1. The summed E-state index contributed by atoms with van der Waals surface area (Å²) in [5.74, 6) is 0.231. The minimum absolute atomic E-state index is 0.0891.